The van der Waals surface area contributed by atoms with Gasteiger partial charge in [-0.1, -0.05) is 5.16 Å². The number of aromatic nitrogens is 2. The summed E-state index contributed by atoms with van der Waals surface area (Å²) in [5, 5.41) is 6.06. The molecule has 0 aliphatic heterocycles. The van der Waals surface area contributed by atoms with Crippen molar-refractivity contribution in [2.75, 3.05) is 13.2 Å². The van der Waals surface area contributed by atoms with Crippen LogP contribution in [0.25, 0.3) is 20.2 Å². The van der Waals surface area contributed by atoms with Crippen LogP contribution in [0.3, 0.4) is 0 Å². The number of fused-ring (bicyclic) bond motifs is 1. The second kappa shape index (κ2) is 5.25. The van der Waals surface area contributed by atoms with Gasteiger partial charge in [0.25, 0.3) is 5.89 Å². The Morgan fingerprint density at radius 2 is 2.30 bits per heavy atom. The van der Waals surface area contributed by atoms with E-state index in [4.69, 9.17) is 15.0 Å². The standard InChI is InChI=1S/C13H15N3O2S2/c1-3-17-7-13(2,14)12-15-11(18-16-12)10-6-9-8(20-10)4-5-19-9/h4-6H,3,7,14H2,1-2H3. The zero-order chi connectivity index (χ0) is 14.2. The minimum Gasteiger partial charge on any atom is -0.379 e. The molecule has 7 heteroatoms. The molecule has 0 fully saturated rings. The maximum Gasteiger partial charge on any atom is 0.268 e. The Morgan fingerprint density at radius 1 is 1.45 bits per heavy atom. The van der Waals surface area contributed by atoms with E-state index < -0.39 is 5.54 Å². The van der Waals surface area contributed by atoms with Crippen LogP contribution in [0.15, 0.2) is 22.0 Å². The number of thiophene rings is 2. The molecule has 3 rings (SSSR count). The third-order valence-electron chi connectivity index (χ3n) is 2.89. The van der Waals surface area contributed by atoms with Crippen LogP contribution < -0.4 is 5.73 Å². The summed E-state index contributed by atoms with van der Waals surface area (Å²) in [6.45, 7) is 4.74. The first-order chi connectivity index (χ1) is 9.60. The summed E-state index contributed by atoms with van der Waals surface area (Å²) >= 11 is 3.34. The van der Waals surface area contributed by atoms with Crippen molar-refractivity contribution >= 4 is 32.1 Å². The molecule has 5 nitrogen and oxygen atoms in total. The van der Waals surface area contributed by atoms with Gasteiger partial charge in [-0.2, -0.15) is 4.98 Å². The molecule has 0 bridgehead atoms. The molecule has 0 spiro atoms. The molecule has 20 heavy (non-hydrogen) atoms. The van der Waals surface area contributed by atoms with Crippen molar-refractivity contribution in [1.82, 2.24) is 10.1 Å². The van der Waals surface area contributed by atoms with E-state index in [0.29, 0.717) is 24.9 Å². The van der Waals surface area contributed by atoms with Gasteiger partial charge in [0, 0.05) is 16.0 Å². The second-order valence-corrected chi connectivity index (χ2v) is 6.77. The Bertz CT molecular complexity index is 685. The molecule has 2 N–H and O–H groups in total. The van der Waals surface area contributed by atoms with Gasteiger partial charge in [0.1, 0.15) is 5.54 Å². The molecule has 1 atom stereocenters. The Kier molecular flexibility index (Phi) is 3.59. The van der Waals surface area contributed by atoms with Crippen LogP contribution in [0.4, 0.5) is 0 Å². The van der Waals surface area contributed by atoms with Gasteiger partial charge >= 0.3 is 0 Å². The van der Waals surface area contributed by atoms with E-state index in [-0.39, 0.29) is 0 Å². The van der Waals surface area contributed by atoms with Gasteiger partial charge in [0.05, 0.1) is 11.5 Å². The van der Waals surface area contributed by atoms with E-state index in [1.165, 1.54) is 9.40 Å². The molecule has 0 saturated heterocycles. The van der Waals surface area contributed by atoms with Gasteiger partial charge in [-0.15, -0.1) is 22.7 Å². The zero-order valence-electron chi connectivity index (χ0n) is 11.3. The first kappa shape index (κ1) is 13.7. The Hall–Kier alpha value is -1.28. The minimum absolute atomic E-state index is 0.363. The maximum absolute atomic E-state index is 6.17. The average Bonchev–Trinajstić information content (AvgIpc) is 3.09. The quantitative estimate of drug-likeness (QED) is 0.783. The van der Waals surface area contributed by atoms with Crippen LogP contribution in [0.2, 0.25) is 0 Å². The lowest BCUT2D eigenvalue weighted by Gasteiger charge is -2.19. The lowest BCUT2D eigenvalue weighted by atomic mass is 10.1. The normalized spacial score (nSPS) is 14.8. The van der Waals surface area contributed by atoms with Crippen LogP contribution >= 0.6 is 22.7 Å². The van der Waals surface area contributed by atoms with Crippen molar-refractivity contribution in [1.29, 1.82) is 0 Å². The summed E-state index contributed by atoms with van der Waals surface area (Å²) in [5.74, 6) is 0.985. The zero-order valence-corrected chi connectivity index (χ0v) is 12.9. The van der Waals surface area contributed by atoms with Gasteiger partial charge in [-0.25, -0.2) is 0 Å². The highest BCUT2D eigenvalue weighted by atomic mass is 32.1. The number of hydrogen-bond acceptors (Lipinski definition) is 7. The summed E-state index contributed by atoms with van der Waals surface area (Å²) in [7, 11) is 0. The van der Waals surface area contributed by atoms with Gasteiger partial charge in [-0.3, -0.25) is 0 Å². The topological polar surface area (TPSA) is 74.2 Å². The first-order valence-electron chi connectivity index (χ1n) is 6.28. The third-order valence-corrected chi connectivity index (χ3v) is 4.97. The molecule has 1 unspecified atom stereocenters. The highest BCUT2D eigenvalue weighted by molar-refractivity contribution is 7.28. The molecule has 106 valence electrons. The van der Waals surface area contributed by atoms with Crippen LogP contribution in [0.1, 0.15) is 19.7 Å². The summed E-state index contributed by atoms with van der Waals surface area (Å²) in [6.07, 6.45) is 0. The first-order valence-corrected chi connectivity index (χ1v) is 7.98. The van der Waals surface area contributed by atoms with E-state index in [2.05, 4.69) is 27.7 Å². The molecular weight excluding hydrogens is 294 g/mol. The molecule has 0 aliphatic carbocycles. The van der Waals surface area contributed by atoms with Crippen LogP contribution in [0.5, 0.6) is 0 Å². The van der Waals surface area contributed by atoms with Gasteiger partial charge in [-0.05, 0) is 31.4 Å². The Morgan fingerprint density at radius 3 is 3.05 bits per heavy atom. The van der Waals surface area contributed by atoms with Crippen molar-refractivity contribution in [3.8, 4) is 10.8 Å². The van der Waals surface area contributed by atoms with E-state index in [1.54, 1.807) is 22.7 Å². The molecular formula is C13H15N3O2S2. The number of hydrogen-bond donors (Lipinski definition) is 1. The van der Waals surface area contributed by atoms with Crippen LogP contribution in [0, 0.1) is 0 Å². The SMILES string of the molecule is CCOCC(C)(N)c1noc(-c2cc3sccc3s2)n1. The fourth-order valence-corrected chi connectivity index (χ4v) is 3.84. The molecule has 0 radical (unpaired) electrons. The van der Waals surface area contributed by atoms with E-state index >= 15 is 0 Å². The summed E-state index contributed by atoms with van der Waals surface area (Å²) in [5.41, 5.74) is 5.42. The summed E-state index contributed by atoms with van der Waals surface area (Å²) in [6, 6.07) is 4.16. The molecule has 3 heterocycles. The van der Waals surface area contributed by atoms with Crippen molar-refractivity contribution in [2.45, 2.75) is 19.4 Å². The highest BCUT2D eigenvalue weighted by Crippen LogP contribution is 2.35. The van der Waals surface area contributed by atoms with E-state index in [0.717, 1.165) is 4.88 Å². The number of ether oxygens (including phenoxy) is 1. The van der Waals surface area contributed by atoms with Crippen molar-refractivity contribution in [3.05, 3.63) is 23.3 Å². The summed E-state index contributed by atoms with van der Waals surface area (Å²) in [4.78, 5) is 5.38. The second-order valence-electron chi connectivity index (χ2n) is 4.74. The Balaban J connectivity index is 1.88. The van der Waals surface area contributed by atoms with E-state index in [1.807, 2.05) is 13.8 Å². The lowest BCUT2D eigenvalue weighted by Crippen LogP contribution is -2.39. The number of nitrogens with two attached hydrogens (primary N) is 1. The monoisotopic (exact) mass is 309 g/mol. The van der Waals surface area contributed by atoms with Crippen molar-refractivity contribution in [3.63, 3.8) is 0 Å². The van der Waals surface area contributed by atoms with Gasteiger partial charge < -0.3 is 15.0 Å². The highest BCUT2D eigenvalue weighted by Gasteiger charge is 2.28. The molecule has 0 aromatic carbocycles. The number of rotatable bonds is 5. The maximum atomic E-state index is 6.17. The van der Waals surface area contributed by atoms with Gasteiger partial charge in [0.2, 0.25) is 0 Å². The lowest BCUT2D eigenvalue weighted by molar-refractivity contribution is 0.0962. The predicted octanol–water partition coefficient (Wildman–Crippen LogP) is 3.22. The smallest absolute Gasteiger partial charge is 0.268 e. The summed E-state index contributed by atoms with van der Waals surface area (Å²) < 4.78 is 13.2. The molecule has 3 aromatic rings. The predicted molar refractivity (Wildman–Crippen MR) is 81.0 cm³/mol. The van der Waals surface area contributed by atoms with Crippen LogP contribution in [-0.4, -0.2) is 23.4 Å². The van der Waals surface area contributed by atoms with Crippen molar-refractivity contribution < 1.29 is 9.26 Å². The largest absolute Gasteiger partial charge is 0.379 e. The van der Waals surface area contributed by atoms with E-state index in [9.17, 15) is 0 Å². The minimum atomic E-state index is -0.744. The molecule has 3 aromatic heterocycles. The fourth-order valence-electron chi connectivity index (χ4n) is 1.81. The molecule has 0 amide bonds. The van der Waals surface area contributed by atoms with Gasteiger partial charge in [0.15, 0.2) is 5.82 Å². The number of nitrogens with zero attached hydrogens (tertiary/aromatic N) is 2. The molecule has 0 saturated carbocycles. The fraction of sp³-hybridized carbons (Fsp3) is 0.385. The third kappa shape index (κ3) is 2.49. The van der Waals surface area contributed by atoms with Crippen LogP contribution in [-0.2, 0) is 10.3 Å². The average molecular weight is 309 g/mol. The Labute approximate surface area is 124 Å². The molecule has 0 aliphatic rings. The van der Waals surface area contributed by atoms with Crippen molar-refractivity contribution in [2.24, 2.45) is 5.73 Å².